The Kier molecular flexibility index (Phi) is 4.30. The zero-order chi connectivity index (χ0) is 13.7. The molecule has 2 aromatic heterocycles. The monoisotopic (exact) mass is 276 g/mol. The van der Waals surface area contributed by atoms with Crippen LogP contribution in [0.25, 0.3) is 0 Å². The van der Waals surface area contributed by atoms with Crippen molar-refractivity contribution in [3.8, 4) is 0 Å². The van der Waals surface area contributed by atoms with Gasteiger partial charge in [-0.05, 0) is 30.8 Å². The number of aromatic nitrogens is 3. The molecule has 0 radical (unpaired) electrons. The number of nitrogen functional groups attached to an aromatic ring is 1. The largest absolute Gasteiger partial charge is 0.462 e. The molecule has 0 saturated heterocycles. The molecule has 0 aliphatic carbocycles. The molecule has 0 atom stereocenters. The molecule has 0 bridgehead atoms. The van der Waals surface area contributed by atoms with Gasteiger partial charge in [0.05, 0.1) is 24.1 Å². The van der Waals surface area contributed by atoms with Crippen LogP contribution >= 0.6 is 11.8 Å². The first kappa shape index (κ1) is 13.3. The summed E-state index contributed by atoms with van der Waals surface area (Å²) in [7, 11) is 0. The van der Waals surface area contributed by atoms with Crippen LogP contribution < -0.4 is 5.73 Å². The Balaban J connectivity index is 2.23. The summed E-state index contributed by atoms with van der Waals surface area (Å²) in [5, 5.41) is 1.36. The lowest BCUT2D eigenvalue weighted by atomic mass is 10.2. The Hall–Kier alpha value is -2.15. The van der Waals surface area contributed by atoms with Crippen LogP contribution in [0.1, 0.15) is 17.3 Å². The first-order valence-corrected chi connectivity index (χ1v) is 6.39. The van der Waals surface area contributed by atoms with Gasteiger partial charge in [0.2, 0.25) is 0 Å². The van der Waals surface area contributed by atoms with E-state index in [0.717, 1.165) is 5.03 Å². The number of hydrogen-bond donors (Lipinski definition) is 1. The van der Waals surface area contributed by atoms with Gasteiger partial charge in [0.25, 0.3) is 0 Å². The quantitative estimate of drug-likeness (QED) is 0.672. The zero-order valence-corrected chi connectivity index (χ0v) is 11.1. The van der Waals surface area contributed by atoms with Crippen LogP contribution in [-0.2, 0) is 4.74 Å². The summed E-state index contributed by atoms with van der Waals surface area (Å²) in [6, 6.07) is 3.35. The molecule has 6 nitrogen and oxygen atoms in total. The second-order valence-corrected chi connectivity index (χ2v) is 4.52. The Bertz CT molecular complexity index is 577. The van der Waals surface area contributed by atoms with Gasteiger partial charge in [0.15, 0.2) is 0 Å². The van der Waals surface area contributed by atoms with E-state index in [0.29, 0.717) is 22.9 Å². The summed E-state index contributed by atoms with van der Waals surface area (Å²) in [6.07, 6.45) is 4.53. The van der Waals surface area contributed by atoms with Crippen molar-refractivity contribution in [3.05, 3.63) is 36.4 Å². The molecule has 98 valence electrons. The smallest absolute Gasteiger partial charge is 0.340 e. The number of carbonyl (C=O) groups excluding carboxylic acids is 1. The SMILES string of the molecule is CCOC(=O)c1cc(Sc2ccncn2)ncc1N. The van der Waals surface area contributed by atoms with Crippen molar-refractivity contribution in [2.24, 2.45) is 0 Å². The van der Waals surface area contributed by atoms with E-state index in [9.17, 15) is 4.79 Å². The molecule has 2 rings (SSSR count). The van der Waals surface area contributed by atoms with Gasteiger partial charge in [-0.15, -0.1) is 0 Å². The maximum absolute atomic E-state index is 11.7. The highest BCUT2D eigenvalue weighted by Crippen LogP contribution is 2.26. The Morgan fingerprint density at radius 3 is 2.95 bits per heavy atom. The van der Waals surface area contributed by atoms with E-state index in [1.807, 2.05) is 0 Å². The van der Waals surface area contributed by atoms with Crippen LogP contribution in [0.3, 0.4) is 0 Å². The van der Waals surface area contributed by atoms with E-state index in [-0.39, 0.29) is 0 Å². The molecule has 0 amide bonds. The lowest BCUT2D eigenvalue weighted by molar-refractivity contribution is 0.0527. The molecule has 2 heterocycles. The van der Waals surface area contributed by atoms with E-state index in [4.69, 9.17) is 10.5 Å². The Morgan fingerprint density at radius 2 is 2.26 bits per heavy atom. The molecule has 0 unspecified atom stereocenters. The van der Waals surface area contributed by atoms with Crippen molar-refractivity contribution in [2.45, 2.75) is 17.0 Å². The molecule has 7 heteroatoms. The van der Waals surface area contributed by atoms with Gasteiger partial charge in [-0.1, -0.05) is 0 Å². The number of anilines is 1. The van der Waals surface area contributed by atoms with Gasteiger partial charge < -0.3 is 10.5 Å². The molecular formula is C12H12N4O2S. The number of nitrogens with zero attached hydrogens (tertiary/aromatic N) is 3. The molecule has 0 fully saturated rings. The van der Waals surface area contributed by atoms with Crippen LogP contribution in [0, 0.1) is 0 Å². The summed E-state index contributed by atoms with van der Waals surface area (Å²) in [4.78, 5) is 23.8. The topological polar surface area (TPSA) is 91.0 Å². The van der Waals surface area contributed by atoms with Crippen LogP contribution in [0.5, 0.6) is 0 Å². The van der Waals surface area contributed by atoms with Crippen LogP contribution in [-0.4, -0.2) is 27.5 Å². The van der Waals surface area contributed by atoms with Crippen LogP contribution in [0.4, 0.5) is 5.69 Å². The number of nitrogens with two attached hydrogens (primary N) is 1. The fourth-order valence-corrected chi connectivity index (χ4v) is 2.06. The number of esters is 1. The van der Waals surface area contributed by atoms with E-state index in [1.165, 1.54) is 24.3 Å². The predicted molar refractivity (Wildman–Crippen MR) is 70.8 cm³/mol. The van der Waals surface area contributed by atoms with Crippen molar-refractivity contribution >= 4 is 23.4 Å². The van der Waals surface area contributed by atoms with E-state index < -0.39 is 5.97 Å². The maximum Gasteiger partial charge on any atom is 0.340 e. The molecular weight excluding hydrogens is 264 g/mol. The van der Waals surface area contributed by atoms with E-state index >= 15 is 0 Å². The van der Waals surface area contributed by atoms with Crippen molar-refractivity contribution in [2.75, 3.05) is 12.3 Å². The minimum atomic E-state index is -0.452. The third kappa shape index (κ3) is 3.41. The standard InChI is InChI=1S/C12H12N4O2S/c1-2-18-12(17)8-5-11(15-6-9(8)13)19-10-3-4-14-7-16-10/h3-7H,2,13H2,1H3. The number of carbonyl (C=O) groups is 1. The van der Waals surface area contributed by atoms with Gasteiger partial charge in [-0.3, -0.25) is 0 Å². The van der Waals surface area contributed by atoms with Crippen molar-refractivity contribution in [1.29, 1.82) is 0 Å². The molecule has 0 saturated carbocycles. The number of ether oxygens (including phenoxy) is 1. The first-order valence-electron chi connectivity index (χ1n) is 5.57. The highest BCUT2D eigenvalue weighted by molar-refractivity contribution is 7.99. The van der Waals surface area contributed by atoms with Crippen LogP contribution in [0.15, 0.2) is 40.9 Å². The van der Waals surface area contributed by atoms with Gasteiger partial charge >= 0.3 is 5.97 Å². The molecule has 2 aromatic rings. The third-order valence-electron chi connectivity index (χ3n) is 2.17. The van der Waals surface area contributed by atoms with E-state index in [2.05, 4.69) is 15.0 Å². The molecule has 19 heavy (non-hydrogen) atoms. The minimum Gasteiger partial charge on any atom is -0.462 e. The molecule has 0 aliphatic heterocycles. The Morgan fingerprint density at radius 1 is 1.42 bits per heavy atom. The lowest BCUT2D eigenvalue weighted by Crippen LogP contribution is -2.08. The van der Waals surface area contributed by atoms with Crippen LogP contribution in [0.2, 0.25) is 0 Å². The average molecular weight is 276 g/mol. The fourth-order valence-electron chi connectivity index (χ4n) is 1.33. The van der Waals surface area contributed by atoms with E-state index in [1.54, 1.807) is 25.3 Å². The van der Waals surface area contributed by atoms with Crippen molar-refractivity contribution in [3.63, 3.8) is 0 Å². The predicted octanol–water partition coefficient (Wildman–Crippen LogP) is 1.78. The second kappa shape index (κ2) is 6.14. The third-order valence-corrected chi connectivity index (χ3v) is 3.05. The zero-order valence-electron chi connectivity index (χ0n) is 10.2. The first-order chi connectivity index (χ1) is 9.20. The highest BCUT2D eigenvalue weighted by Gasteiger charge is 2.13. The van der Waals surface area contributed by atoms with Gasteiger partial charge in [-0.25, -0.2) is 19.7 Å². The van der Waals surface area contributed by atoms with Gasteiger partial charge in [0.1, 0.15) is 16.4 Å². The Labute approximate surface area is 114 Å². The minimum absolute atomic E-state index is 0.297. The number of rotatable bonds is 4. The summed E-state index contributed by atoms with van der Waals surface area (Å²) in [6.45, 7) is 2.04. The van der Waals surface area contributed by atoms with Gasteiger partial charge in [-0.2, -0.15) is 0 Å². The normalized spacial score (nSPS) is 10.2. The summed E-state index contributed by atoms with van der Waals surface area (Å²) < 4.78 is 4.93. The molecule has 0 aliphatic rings. The number of hydrogen-bond acceptors (Lipinski definition) is 7. The summed E-state index contributed by atoms with van der Waals surface area (Å²) in [5.74, 6) is -0.452. The maximum atomic E-state index is 11.7. The highest BCUT2D eigenvalue weighted by atomic mass is 32.2. The van der Waals surface area contributed by atoms with Gasteiger partial charge in [0, 0.05) is 6.20 Å². The number of pyridine rings is 1. The van der Waals surface area contributed by atoms with Crippen molar-refractivity contribution < 1.29 is 9.53 Å². The molecule has 0 spiro atoms. The summed E-state index contributed by atoms with van der Waals surface area (Å²) in [5.41, 5.74) is 6.33. The second-order valence-electron chi connectivity index (χ2n) is 3.48. The molecule has 2 N–H and O–H groups in total. The fraction of sp³-hybridized carbons (Fsp3) is 0.167. The van der Waals surface area contributed by atoms with Crippen molar-refractivity contribution in [1.82, 2.24) is 15.0 Å². The average Bonchev–Trinajstić information content (AvgIpc) is 2.42. The summed E-state index contributed by atoms with van der Waals surface area (Å²) >= 11 is 1.32. The lowest BCUT2D eigenvalue weighted by Gasteiger charge is -2.06. The molecule has 0 aromatic carbocycles.